The molecular formula is C13H19ClN4OS. The molecule has 1 unspecified atom stereocenters. The fourth-order valence-electron chi connectivity index (χ4n) is 2.00. The number of hydrogen-bond donors (Lipinski definition) is 1. The van der Waals surface area contributed by atoms with Gasteiger partial charge in [0.25, 0.3) is 0 Å². The minimum atomic E-state index is 0.0225. The molecule has 0 fully saturated rings. The number of halogens is 1. The zero-order valence-corrected chi connectivity index (χ0v) is 13.2. The lowest BCUT2D eigenvalue weighted by Gasteiger charge is -2.19. The molecule has 2 aromatic heterocycles. The first-order valence-electron chi connectivity index (χ1n) is 6.59. The number of nitrogens with zero attached hydrogens (tertiary/aromatic N) is 3. The molecule has 20 heavy (non-hydrogen) atoms. The molecule has 2 heterocycles. The Balaban J connectivity index is 2.30. The Morgan fingerprint density at radius 2 is 2.35 bits per heavy atom. The van der Waals surface area contributed by atoms with Gasteiger partial charge in [-0.25, -0.2) is 0 Å². The van der Waals surface area contributed by atoms with Gasteiger partial charge < -0.3 is 10.1 Å². The van der Waals surface area contributed by atoms with Gasteiger partial charge in [0.05, 0.1) is 41.6 Å². The summed E-state index contributed by atoms with van der Waals surface area (Å²) >= 11 is 7.95. The van der Waals surface area contributed by atoms with Crippen molar-refractivity contribution in [2.75, 3.05) is 20.3 Å². The lowest BCUT2D eigenvalue weighted by Crippen LogP contribution is -2.26. The summed E-state index contributed by atoms with van der Waals surface area (Å²) in [4.78, 5) is 5.30. The van der Waals surface area contributed by atoms with Crippen LogP contribution in [0.25, 0.3) is 0 Å². The second-order valence-electron chi connectivity index (χ2n) is 4.38. The molecule has 0 saturated heterocycles. The second-order valence-corrected chi connectivity index (χ2v) is 5.71. The van der Waals surface area contributed by atoms with Gasteiger partial charge >= 0.3 is 0 Å². The third kappa shape index (κ3) is 3.58. The van der Waals surface area contributed by atoms with E-state index in [9.17, 15) is 0 Å². The van der Waals surface area contributed by atoms with Crippen LogP contribution in [-0.2, 0) is 11.3 Å². The van der Waals surface area contributed by atoms with Crippen LogP contribution in [0.15, 0.2) is 17.9 Å². The van der Waals surface area contributed by atoms with Crippen molar-refractivity contribution in [2.24, 2.45) is 0 Å². The van der Waals surface area contributed by atoms with E-state index < -0.39 is 0 Å². The smallest absolute Gasteiger partial charge is 0.0873 e. The van der Waals surface area contributed by atoms with Crippen LogP contribution in [0, 0.1) is 0 Å². The van der Waals surface area contributed by atoms with E-state index in [1.807, 2.05) is 16.4 Å². The van der Waals surface area contributed by atoms with Crippen molar-refractivity contribution in [1.82, 2.24) is 20.1 Å². The molecule has 5 nitrogen and oxygen atoms in total. The summed E-state index contributed by atoms with van der Waals surface area (Å²) in [7, 11) is 1.68. The lowest BCUT2D eigenvalue weighted by atomic mass is 10.1. The average molecular weight is 315 g/mol. The Labute approximate surface area is 127 Å². The van der Waals surface area contributed by atoms with Crippen molar-refractivity contribution in [3.63, 3.8) is 0 Å². The lowest BCUT2D eigenvalue weighted by molar-refractivity contribution is 0.182. The molecule has 7 heteroatoms. The molecule has 1 atom stereocenters. The molecule has 0 saturated carbocycles. The van der Waals surface area contributed by atoms with E-state index in [2.05, 4.69) is 22.3 Å². The van der Waals surface area contributed by atoms with Crippen LogP contribution in [0.5, 0.6) is 0 Å². The normalized spacial score (nSPS) is 12.8. The Morgan fingerprint density at radius 1 is 1.50 bits per heavy atom. The number of nitrogens with one attached hydrogen (secondary N) is 1. The number of methoxy groups -OCH3 is 1. The zero-order valence-electron chi connectivity index (χ0n) is 11.7. The summed E-state index contributed by atoms with van der Waals surface area (Å²) in [5, 5.41) is 8.53. The zero-order chi connectivity index (χ0) is 14.4. The molecule has 0 aliphatic carbocycles. The number of ether oxygens (including phenoxy) is 1. The summed E-state index contributed by atoms with van der Waals surface area (Å²) in [5.74, 6) is 0. The molecule has 0 radical (unpaired) electrons. The van der Waals surface area contributed by atoms with Crippen LogP contribution in [0.2, 0.25) is 5.02 Å². The first kappa shape index (κ1) is 15.4. The quantitative estimate of drug-likeness (QED) is 0.814. The van der Waals surface area contributed by atoms with Gasteiger partial charge in [0.1, 0.15) is 0 Å². The van der Waals surface area contributed by atoms with Gasteiger partial charge in [-0.3, -0.25) is 9.67 Å². The summed E-state index contributed by atoms with van der Waals surface area (Å²) in [6, 6.07) is 0.0225. The van der Waals surface area contributed by atoms with E-state index >= 15 is 0 Å². The van der Waals surface area contributed by atoms with E-state index in [-0.39, 0.29) is 6.04 Å². The molecule has 0 aromatic carbocycles. The fraction of sp³-hybridized carbons (Fsp3) is 0.538. The monoisotopic (exact) mass is 314 g/mol. The highest BCUT2D eigenvalue weighted by atomic mass is 35.5. The van der Waals surface area contributed by atoms with Gasteiger partial charge in [-0.05, 0) is 13.0 Å². The van der Waals surface area contributed by atoms with Gasteiger partial charge in [-0.2, -0.15) is 5.10 Å². The summed E-state index contributed by atoms with van der Waals surface area (Å²) in [5.41, 5.74) is 2.81. The summed E-state index contributed by atoms with van der Waals surface area (Å²) < 4.78 is 7.03. The number of hydrogen-bond acceptors (Lipinski definition) is 5. The topological polar surface area (TPSA) is 52.0 Å². The minimum Gasteiger partial charge on any atom is -0.383 e. The van der Waals surface area contributed by atoms with Gasteiger partial charge in [0.2, 0.25) is 0 Å². The first-order chi connectivity index (χ1) is 9.77. The highest BCUT2D eigenvalue weighted by molar-refractivity contribution is 7.09. The van der Waals surface area contributed by atoms with Crippen molar-refractivity contribution in [3.8, 4) is 0 Å². The van der Waals surface area contributed by atoms with Gasteiger partial charge in [-0.15, -0.1) is 11.3 Å². The Bertz CT molecular complexity index is 514. The highest BCUT2D eigenvalue weighted by Crippen LogP contribution is 2.30. The van der Waals surface area contributed by atoms with Gasteiger partial charge in [-0.1, -0.05) is 18.5 Å². The molecule has 2 rings (SSSR count). The van der Waals surface area contributed by atoms with Crippen LogP contribution in [0.1, 0.15) is 30.0 Å². The molecule has 0 spiro atoms. The van der Waals surface area contributed by atoms with Crippen LogP contribution >= 0.6 is 22.9 Å². The van der Waals surface area contributed by atoms with Crippen LogP contribution < -0.4 is 5.32 Å². The molecule has 0 bridgehead atoms. The molecular weight excluding hydrogens is 296 g/mol. The fourth-order valence-corrected chi connectivity index (χ4v) is 2.95. The second kappa shape index (κ2) is 7.73. The van der Waals surface area contributed by atoms with Gasteiger partial charge in [0, 0.05) is 18.2 Å². The van der Waals surface area contributed by atoms with Crippen LogP contribution in [0.3, 0.4) is 0 Å². The number of aromatic nitrogens is 3. The summed E-state index contributed by atoms with van der Waals surface area (Å²) in [6.07, 6.45) is 4.62. The standard InChI is InChI=1S/C13H19ClN4OS/c1-3-4-16-12(11-8-15-9-20-11)13-10(14)7-17-18(13)5-6-19-2/h7-9,12,16H,3-6H2,1-2H3. The van der Waals surface area contributed by atoms with E-state index in [4.69, 9.17) is 16.3 Å². The summed E-state index contributed by atoms with van der Waals surface area (Å²) in [6.45, 7) is 4.34. The maximum Gasteiger partial charge on any atom is 0.0873 e. The predicted octanol–water partition coefficient (Wildman–Crippen LogP) is 2.73. The van der Waals surface area contributed by atoms with Crippen molar-refractivity contribution < 1.29 is 4.74 Å². The highest BCUT2D eigenvalue weighted by Gasteiger charge is 2.22. The Hall–Kier alpha value is -0.950. The van der Waals surface area contributed by atoms with E-state index in [0.29, 0.717) is 18.2 Å². The maximum absolute atomic E-state index is 6.33. The van der Waals surface area contributed by atoms with Crippen molar-refractivity contribution in [2.45, 2.75) is 25.9 Å². The molecule has 0 amide bonds. The van der Waals surface area contributed by atoms with E-state index in [1.54, 1.807) is 24.6 Å². The molecule has 110 valence electrons. The van der Waals surface area contributed by atoms with Gasteiger partial charge in [0.15, 0.2) is 0 Å². The minimum absolute atomic E-state index is 0.0225. The number of thiazole rings is 1. The predicted molar refractivity (Wildman–Crippen MR) is 81.4 cm³/mol. The first-order valence-corrected chi connectivity index (χ1v) is 7.85. The van der Waals surface area contributed by atoms with Crippen molar-refractivity contribution >= 4 is 22.9 Å². The Morgan fingerprint density at radius 3 is 3.00 bits per heavy atom. The van der Waals surface area contributed by atoms with Crippen molar-refractivity contribution in [3.05, 3.63) is 33.5 Å². The molecule has 0 aliphatic heterocycles. The van der Waals surface area contributed by atoms with E-state index in [0.717, 1.165) is 23.5 Å². The largest absolute Gasteiger partial charge is 0.383 e. The van der Waals surface area contributed by atoms with Crippen LogP contribution in [-0.4, -0.2) is 35.0 Å². The van der Waals surface area contributed by atoms with E-state index in [1.165, 1.54) is 0 Å². The SMILES string of the molecule is CCCNC(c1cncs1)c1c(Cl)cnn1CCOC. The maximum atomic E-state index is 6.33. The molecule has 0 aliphatic rings. The van der Waals surface area contributed by atoms with Crippen LogP contribution in [0.4, 0.5) is 0 Å². The average Bonchev–Trinajstić information content (AvgIpc) is 3.09. The number of rotatable bonds is 8. The molecule has 1 N–H and O–H groups in total. The third-order valence-corrected chi connectivity index (χ3v) is 4.08. The Kier molecular flexibility index (Phi) is 5.97. The molecule has 2 aromatic rings. The van der Waals surface area contributed by atoms with Crippen molar-refractivity contribution in [1.29, 1.82) is 0 Å². The third-order valence-electron chi connectivity index (χ3n) is 2.95.